The number of methoxy groups -OCH3 is 1. The molecule has 5 nitrogen and oxygen atoms in total. The molecule has 6 heteroatoms. The number of anilines is 1. The molecule has 3 aromatic rings. The van der Waals surface area contributed by atoms with Crippen LogP contribution in [0.3, 0.4) is 0 Å². The van der Waals surface area contributed by atoms with E-state index in [1.54, 1.807) is 7.11 Å². The zero-order valence-corrected chi connectivity index (χ0v) is 21.5. The van der Waals surface area contributed by atoms with Crippen molar-refractivity contribution in [2.24, 2.45) is 0 Å². The highest BCUT2D eigenvalue weighted by Gasteiger charge is 2.29. The van der Waals surface area contributed by atoms with Crippen LogP contribution in [0, 0.1) is 0 Å². The minimum absolute atomic E-state index is 0.0847. The molecule has 0 bridgehead atoms. The normalized spacial score (nSPS) is 21.8. The van der Waals surface area contributed by atoms with E-state index in [-0.39, 0.29) is 18.8 Å². The number of hydrogen-bond donors (Lipinski definition) is 2. The third kappa shape index (κ3) is 5.70. The number of hydrogen-bond acceptors (Lipinski definition) is 5. The molecule has 0 amide bonds. The summed E-state index contributed by atoms with van der Waals surface area (Å²) in [5.74, 6) is 0.879. The van der Waals surface area contributed by atoms with Gasteiger partial charge in [0.1, 0.15) is 5.75 Å². The van der Waals surface area contributed by atoms with Crippen molar-refractivity contribution >= 4 is 17.3 Å². The van der Waals surface area contributed by atoms with E-state index in [1.165, 1.54) is 22.4 Å². The second-order valence-corrected chi connectivity index (χ2v) is 10.3. The van der Waals surface area contributed by atoms with E-state index in [0.717, 1.165) is 54.3 Å². The molecule has 2 N–H and O–H groups in total. The fourth-order valence-corrected chi connectivity index (χ4v) is 5.61. The average molecular weight is 508 g/mol. The molecule has 2 heterocycles. The van der Waals surface area contributed by atoms with Crippen molar-refractivity contribution < 1.29 is 19.7 Å². The van der Waals surface area contributed by atoms with Crippen molar-refractivity contribution in [1.82, 2.24) is 0 Å². The molecule has 0 aliphatic carbocycles. The first kappa shape index (κ1) is 25.1. The van der Waals surface area contributed by atoms with E-state index in [1.807, 2.05) is 24.3 Å². The van der Waals surface area contributed by atoms with Gasteiger partial charge in [-0.1, -0.05) is 48.0 Å². The van der Waals surface area contributed by atoms with E-state index < -0.39 is 6.10 Å². The summed E-state index contributed by atoms with van der Waals surface area (Å²) >= 11 is 6.60. The molecule has 3 atom stereocenters. The molecule has 1 saturated heterocycles. The van der Waals surface area contributed by atoms with E-state index >= 15 is 0 Å². The molecule has 0 saturated carbocycles. The Morgan fingerprint density at radius 3 is 2.61 bits per heavy atom. The first-order valence-corrected chi connectivity index (χ1v) is 13.1. The summed E-state index contributed by atoms with van der Waals surface area (Å²) in [7, 11) is 1.69. The highest BCUT2D eigenvalue weighted by atomic mass is 35.5. The molecule has 36 heavy (non-hydrogen) atoms. The van der Waals surface area contributed by atoms with Gasteiger partial charge >= 0.3 is 0 Å². The number of benzene rings is 3. The first-order chi connectivity index (χ1) is 17.5. The Morgan fingerprint density at radius 1 is 1.03 bits per heavy atom. The Morgan fingerprint density at radius 2 is 1.83 bits per heavy atom. The molecule has 3 aromatic carbocycles. The van der Waals surface area contributed by atoms with Gasteiger partial charge in [0.25, 0.3) is 0 Å². The number of ether oxygens (including phenoxy) is 2. The second-order valence-electron chi connectivity index (χ2n) is 9.92. The highest BCUT2D eigenvalue weighted by Crippen LogP contribution is 2.35. The summed E-state index contributed by atoms with van der Waals surface area (Å²) in [5.41, 5.74) is 7.23. The Kier molecular flexibility index (Phi) is 7.82. The number of aliphatic hydroxyl groups excluding tert-OH is 2. The molecule has 0 spiro atoms. The Bertz CT molecular complexity index is 1180. The van der Waals surface area contributed by atoms with Crippen molar-refractivity contribution in [1.29, 1.82) is 0 Å². The lowest BCUT2D eigenvalue weighted by Gasteiger charge is -2.33. The van der Waals surface area contributed by atoms with Gasteiger partial charge in [0.2, 0.25) is 0 Å². The van der Waals surface area contributed by atoms with Crippen LogP contribution in [0.5, 0.6) is 5.75 Å². The SMILES string of the molecule is COc1ccc(CN2CCCc3cc(Cc4cc([C@H]5CC(O)C[C@@H](CO)O5)ccc4Cl)ccc32)cc1. The standard InChI is InChI=1S/C30H34ClNO4/c1-35-26-8-4-20(5-9-26)18-32-12-2-3-22-13-21(6-11-29(22)32)14-24-15-23(7-10-28(24)31)30-17-25(34)16-27(19-33)36-30/h4-11,13,15,25,27,30,33-34H,2-3,12,14,16-19H2,1H3/t25?,27-,30+/m0/s1. The molecule has 2 aliphatic rings. The van der Waals surface area contributed by atoms with Crippen LogP contribution in [0.1, 0.15) is 53.2 Å². The Balaban J connectivity index is 1.32. The lowest BCUT2D eigenvalue weighted by atomic mass is 9.93. The topological polar surface area (TPSA) is 62.2 Å². The summed E-state index contributed by atoms with van der Waals surface area (Å²) in [6.45, 7) is 1.85. The maximum absolute atomic E-state index is 10.2. The Labute approximate surface area is 218 Å². The number of aliphatic hydroxyl groups is 2. The molecule has 0 radical (unpaired) electrons. The van der Waals surface area contributed by atoms with Crippen molar-refractivity contribution in [2.45, 2.75) is 57.0 Å². The van der Waals surface area contributed by atoms with Gasteiger partial charge in [0, 0.05) is 36.6 Å². The largest absolute Gasteiger partial charge is 0.497 e. The van der Waals surface area contributed by atoms with Crippen LogP contribution >= 0.6 is 11.6 Å². The summed E-state index contributed by atoms with van der Waals surface area (Å²) in [4.78, 5) is 2.46. The molecule has 5 rings (SSSR count). The Hall–Kier alpha value is -2.57. The van der Waals surface area contributed by atoms with Gasteiger partial charge in [-0.2, -0.15) is 0 Å². The zero-order valence-electron chi connectivity index (χ0n) is 20.7. The fourth-order valence-electron chi connectivity index (χ4n) is 5.43. The van der Waals surface area contributed by atoms with Gasteiger partial charge in [-0.05, 0) is 71.3 Å². The summed E-state index contributed by atoms with van der Waals surface area (Å²) in [6, 6.07) is 21.0. The van der Waals surface area contributed by atoms with E-state index in [0.29, 0.717) is 12.8 Å². The van der Waals surface area contributed by atoms with Gasteiger partial charge < -0.3 is 24.6 Å². The van der Waals surface area contributed by atoms with Crippen LogP contribution in [-0.2, 0) is 24.1 Å². The van der Waals surface area contributed by atoms with Crippen LogP contribution in [-0.4, -0.2) is 42.7 Å². The van der Waals surface area contributed by atoms with Gasteiger partial charge in [-0.25, -0.2) is 0 Å². The molecule has 2 aliphatic heterocycles. The molecule has 1 fully saturated rings. The van der Waals surface area contributed by atoms with Gasteiger partial charge in [-0.15, -0.1) is 0 Å². The summed E-state index contributed by atoms with van der Waals surface area (Å²) < 4.78 is 11.3. The number of aryl methyl sites for hydroxylation is 1. The minimum atomic E-state index is -0.471. The maximum Gasteiger partial charge on any atom is 0.118 e. The van der Waals surface area contributed by atoms with Crippen molar-refractivity contribution in [3.05, 3.63) is 93.5 Å². The van der Waals surface area contributed by atoms with Crippen molar-refractivity contribution in [3.8, 4) is 5.75 Å². The summed E-state index contributed by atoms with van der Waals surface area (Å²) in [6.07, 6.45) is 2.90. The van der Waals surface area contributed by atoms with Crippen LogP contribution in [0.4, 0.5) is 5.69 Å². The molecular weight excluding hydrogens is 474 g/mol. The predicted molar refractivity (Wildman–Crippen MR) is 143 cm³/mol. The quantitative estimate of drug-likeness (QED) is 0.444. The number of halogens is 1. The van der Waals surface area contributed by atoms with Crippen LogP contribution < -0.4 is 9.64 Å². The van der Waals surface area contributed by atoms with Crippen molar-refractivity contribution in [2.75, 3.05) is 25.2 Å². The van der Waals surface area contributed by atoms with Crippen LogP contribution in [0.25, 0.3) is 0 Å². The zero-order chi connectivity index (χ0) is 25.1. The van der Waals surface area contributed by atoms with Crippen molar-refractivity contribution in [3.63, 3.8) is 0 Å². The van der Waals surface area contributed by atoms with E-state index in [4.69, 9.17) is 21.1 Å². The third-order valence-corrected chi connectivity index (χ3v) is 7.68. The smallest absolute Gasteiger partial charge is 0.118 e. The monoisotopic (exact) mass is 507 g/mol. The highest BCUT2D eigenvalue weighted by molar-refractivity contribution is 6.31. The molecule has 0 aromatic heterocycles. The van der Waals surface area contributed by atoms with Crippen LogP contribution in [0.15, 0.2) is 60.7 Å². The molecule has 190 valence electrons. The van der Waals surface area contributed by atoms with Gasteiger partial charge in [-0.3, -0.25) is 0 Å². The number of nitrogens with zero attached hydrogens (tertiary/aromatic N) is 1. The lowest BCUT2D eigenvalue weighted by Crippen LogP contribution is -2.33. The maximum atomic E-state index is 10.2. The fraction of sp³-hybridized carbons (Fsp3) is 0.400. The third-order valence-electron chi connectivity index (χ3n) is 7.31. The van der Waals surface area contributed by atoms with E-state index in [9.17, 15) is 10.2 Å². The predicted octanol–water partition coefficient (Wildman–Crippen LogP) is 5.47. The first-order valence-electron chi connectivity index (χ1n) is 12.7. The number of rotatable bonds is 7. The second kappa shape index (κ2) is 11.2. The number of fused-ring (bicyclic) bond motifs is 1. The summed E-state index contributed by atoms with van der Waals surface area (Å²) in [5, 5.41) is 20.5. The van der Waals surface area contributed by atoms with Crippen LogP contribution in [0.2, 0.25) is 5.02 Å². The average Bonchev–Trinajstić information content (AvgIpc) is 2.90. The molecule has 1 unspecified atom stereocenters. The molecular formula is C30H34ClNO4. The minimum Gasteiger partial charge on any atom is -0.497 e. The van der Waals surface area contributed by atoms with Gasteiger partial charge in [0.15, 0.2) is 0 Å². The lowest BCUT2D eigenvalue weighted by molar-refractivity contribution is -0.113. The van der Waals surface area contributed by atoms with Gasteiger partial charge in [0.05, 0.1) is 32.0 Å². The van der Waals surface area contributed by atoms with E-state index in [2.05, 4.69) is 41.3 Å².